The standard InChI is InChI=1S/C28H25ClN4O2S/c1-18-16-32(20(3)30-18)27-13-8-22(21-6-5-7-25(14-21)36(4,34)35)15-26(27)28-31-19(2)17-33(28)24-11-9-23(29)10-12-24/h5-17H,1-4H3. The van der Waals surface area contributed by atoms with E-state index in [2.05, 4.69) is 15.6 Å². The molecule has 0 N–H and O–H groups in total. The fourth-order valence-corrected chi connectivity index (χ4v) is 5.15. The highest BCUT2D eigenvalue weighted by molar-refractivity contribution is 7.90. The molecule has 0 bridgehead atoms. The summed E-state index contributed by atoms with van der Waals surface area (Å²) in [6.07, 6.45) is 5.21. The van der Waals surface area contributed by atoms with Gasteiger partial charge in [0.25, 0.3) is 0 Å². The molecule has 5 aromatic rings. The van der Waals surface area contributed by atoms with Crippen LogP contribution in [0.15, 0.2) is 84.0 Å². The number of rotatable bonds is 5. The summed E-state index contributed by atoms with van der Waals surface area (Å²) >= 11 is 6.14. The van der Waals surface area contributed by atoms with Gasteiger partial charge < -0.3 is 4.57 Å². The fraction of sp³-hybridized carbons (Fsp3) is 0.143. The second kappa shape index (κ2) is 9.08. The van der Waals surface area contributed by atoms with Crippen LogP contribution in [0.4, 0.5) is 0 Å². The van der Waals surface area contributed by atoms with Crippen LogP contribution in [0.2, 0.25) is 5.02 Å². The van der Waals surface area contributed by atoms with Gasteiger partial charge in [0.15, 0.2) is 9.84 Å². The highest BCUT2D eigenvalue weighted by Crippen LogP contribution is 2.34. The third kappa shape index (κ3) is 4.59. The Balaban J connectivity index is 1.77. The summed E-state index contributed by atoms with van der Waals surface area (Å²) in [5, 5.41) is 0.662. The Kier molecular flexibility index (Phi) is 6.06. The predicted octanol–water partition coefficient (Wildman–Crippen LogP) is 6.37. The summed E-state index contributed by atoms with van der Waals surface area (Å²) in [4.78, 5) is 9.77. The van der Waals surface area contributed by atoms with Gasteiger partial charge in [-0.15, -0.1) is 0 Å². The number of halogens is 1. The van der Waals surface area contributed by atoms with Gasteiger partial charge in [-0.25, -0.2) is 18.4 Å². The van der Waals surface area contributed by atoms with Crippen LogP contribution in [0.5, 0.6) is 0 Å². The van der Waals surface area contributed by atoms with Gasteiger partial charge in [-0.3, -0.25) is 4.57 Å². The van der Waals surface area contributed by atoms with E-state index >= 15 is 0 Å². The number of benzene rings is 3. The Morgan fingerprint density at radius 1 is 0.778 bits per heavy atom. The van der Waals surface area contributed by atoms with E-state index in [1.165, 1.54) is 6.26 Å². The van der Waals surface area contributed by atoms with E-state index in [1.54, 1.807) is 18.2 Å². The Morgan fingerprint density at radius 3 is 2.11 bits per heavy atom. The molecule has 0 fully saturated rings. The van der Waals surface area contributed by atoms with Crippen LogP contribution in [0.25, 0.3) is 33.9 Å². The molecule has 182 valence electrons. The lowest BCUT2D eigenvalue weighted by Gasteiger charge is -2.16. The molecule has 0 aliphatic rings. The van der Waals surface area contributed by atoms with Crippen molar-refractivity contribution in [3.05, 3.63) is 101 Å². The number of nitrogens with zero attached hydrogens (tertiary/aromatic N) is 4. The molecule has 0 atom stereocenters. The summed E-state index contributed by atoms with van der Waals surface area (Å²) in [5.74, 6) is 1.62. The highest BCUT2D eigenvalue weighted by Gasteiger charge is 2.18. The molecule has 0 unspecified atom stereocenters. The Bertz CT molecular complexity index is 1700. The van der Waals surface area contributed by atoms with Crippen molar-refractivity contribution in [2.24, 2.45) is 0 Å². The first kappa shape index (κ1) is 24.0. The number of hydrogen-bond acceptors (Lipinski definition) is 4. The van der Waals surface area contributed by atoms with Crippen LogP contribution in [0.3, 0.4) is 0 Å². The summed E-state index contributed by atoms with van der Waals surface area (Å²) in [5.41, 5.74) is 6.24. The van der Waals surface area contributed by atoms with Crippen molar-refractivity contribution >= 4 is 21.4 Å². The van der Waals surface area contributed by atoms with Crippen molar-refractivity contribution in [2.45, 2.75) is 25.7 Å². The molecule has 6 nitrogen and oxygen atoms in total. The number of hydrogen-bond donors (Lipinski definition) is 0. The first-order chi connectivity index (χ1) is 17.1. The van der Waals surface area contributed by atoms with E-state index in [0.717, 1.165) is 51.1 Å². The van der Waals surface area contributed by atoms with Gasteiger partial charge >= 0.3 is 0 Å². The Hall–Kier alpha value is -3.68. The topological polar surface area (TPSA) is 69.8 Å². The van der Waals surface area contributed by atoms with Crippen molar-refractivity contribution in [1.82, 2.24) is 19.1 Å². The monoisotopic (exact) mass is 516 g/mol. The van der Waals surface area contributed by atoms with Crippen LogP contribution in [-0.4, -0.2) is 33.8 Å². The fourth-order valence-electron chi connectivity index (χ4n) is 4.36. The minimum atomic E-state index is -3.33. The maximum Gasteiger partial charge on any atom is 0.175 e. The number of aromatic nitrogens is 4. The van der Waals surface area contributed by atoms with Crippen LogP contribution in [-0.2, 0) is 9.84 Å². The lowest BCUT2D eigenvalue weighted by Crippen LogP contribution is -2.03. The first-order valence-corrected chi connectivity index (χ1v) is 13.7. The third-order valence-corrected chi connectivity index (χ3v) is 7.39. The van der Waals surface area contributed by atoms with Gasteiger partial charge in [-0.1, -0.05) is 29.8 Å². The molecule has 0 aliphatic carbocycles. The van der Waals surface area contributed by atoms with Crippen LogP contribution in [0.1, 0.15) is 17.2 Å². The van der Waals surface area contributed by atoms with E-state index < -0.39 is 9.84 Å². The zero-order valence-corrected chi connectivity index (χ0v) is 22.0. The molecule has 0 saturated heterocycles. The van der Waals surface area contributed by atoms with Crippen molar-refractivity contribution < 1.29 is 8.42 Å². The summed E-state index contributed by atoms with van der Waals surface area (Å²) in [6.45, 7) is 5.89. The zero-order chi connectivity index (χ0) is 25.6. The molecule has 5 rings (SSSR count). The molecule has 0 spiro atoms. The minimum Gasteiger partial charge on any atom is -0.303 e. The Labute approximate surface area is 215 Å². The average molecular weight is 517 g/mol. The van der Waals surface area contributed by atoms with E-state index in [4.69, 9.17) is 16.6 Å². The molecule has 2 heterocycles. The molecule has 36 heavy (non-hydrogen) atoms. The predicted molar refractivity (Wildman–Crippen MR) is 144 cm³/mol. The zero-order valence-electron chi connectivity index (χ0n) is 20.4. The van der Waals surface area contributed by atoms with Crippen LogP contribution < -0.4 is 0 Å². The molecular formula is C28H25ClN4O2S. The maximum atomic E-state index is 12.2. The van der Waals surface area contributed by atoms with Crippen LogP contribution >= 0.6 is 11.6 Å². The third-order valence-electron chi connectivity index (χ3n) is 6.03. The summed E-state index contributed by atoms with van der Waals surface area (Å²) in [6, 6.07) is 20.7. The van der Waals surface area contributed by atoms with Gasteiger partial charge in [-0.2, -0.15) is 0 Å². The second-order valence-electron chi connectivity index (χ2n) is 8.88. The molecule has 0 radical (unpaired) electrons. The van der Waals surface area contributed by atoms with E-state index in [1.807, 2.05) is 80.2 Å². The van der Waals surface area contributed by atoms with E-state index in [0.29, 0.717) is 5.02 Å². The molecule has 3 aromatic carbocycles. The second-order valence-corrected chi connectivity index (χ2v) is 11.3. The smallest absolute Gasteiger partial charge is 0.175 e. The van der Waals surface area contributed by atoms with Crippen molar-refractivity contribution in [3.63, 3.8) is 0 Å². The van der Waals surface area contributed by atoms with Gasteiger partial charge in [0, 0.05) is 34.9 Å². The van der Waals surface area contributed by atoms with Crippen LogP contribution in [0, 0.1) is 20.8 Å². The average Bonchev–Trinajstić information content (AvgIpc) is 3.39. The van der Waals surface area contributed by atoms with Gasteiger partial charge in [0.1, 0.15) is 11.6 Å². The SMILES string of the molecule is Cc1cn(-c2ccc(-c3cccc(S(C)(=O)=O)c3)cc2-c2nc(C)cn2-c2ccc(Cl)cc2)c(C)n1. The minimum absolute atomic E-state index is 0.283. The molecule has 0 amide bonds. The summed E-state index contributed by atoms with van der Waals surface area (Å²) in [7, 11) is -3.33. The molecule has 8 heteroatoms. The normalized spacial score (nSPS) is 11.7. The molecule has 2 aromatic heterocycles. The Morgan fingerprint density at radius 2 is 1.44 bits per heavy atom. The summed E-state index contributed by atoms with van der Waals surface area (Å²) < 4.78 is 28.5. The highest BCUT2D eigenvalue weighted by atomic mass is 35.5. The van der Waals surface area contributed by atoms with E-state index in [-0.39, 0.29) is 4.90 Å². The number of sulfone groups is 1. The first-order valence-electron chi connectivity index (χ1n) is 11.4. The van der Waals surface area contributed by atoms with Gasteiger partial charge in [0.2, 0.25) is 0 Å². The van der Waals surface area contributed by atoms with Crippen molar-refractivity contribution in [3.8, 4) is 33.9 Å². The van der Waals surface area contributed by atoms with E-state index in [9.17, 15) is 8.42 Å². The van der Waals surface area contributed by atoms with Crippen molar-refractivity contribution in [2.75, 3.05) is 6.26 Å². The molecule has 0 saturated carbocycles. The quantitative estimate of drug-likeness (QED) is 0.272. The molecular weight excluding hydrogens is 492 g/mol. The van der Waals surface area contributed by atoms with Gasteiger partial charge in [0.05, 0.1) is 22.0 Å². The van der Waals surface area contributed by atoms with Gasteiger partial charge in [-0.05, 0) is 80.4 Å². The maximum absolute atomic E-state index is 12.2. The lowest BCUT2D eigenvalue weighted by molar-refractivity contribution is 0.602. The number of imidazole rings is 2. The lowest BCUT2D eigenvalue weighted by atomic mass is 10.0. The van der Waals surface area contributed by atoms with Crippen molar-refractivity contribution in [1.29, 1.82) is 0 Å². The largest absolute Gasteiger partial charge is 0.303 e. The number of aryl methyl sites for hydroxylation is 3. The molecule has 0 aliphatic heterocycles.